The van der Waals surface area contributed by atoms with Gasteiger partial charge in [-0.15, -0.1) is 11.3 Å². The molecule has 0 aliphatic heterocycles. The van der Waals surface area contributed by atoms with E-state index in [1.54, 1.807) is 29.2 Å². The normalized spacial score (nSPS) is 12.1. The van der Waals surface area contributed by atoms with Crippen molar-refractivity contribution in [2.75, 3.05) is 7.05 Å². The summed E-state index contributed by atoms with van der Waals surface area (Å²) in [6, 6.07) is 11.5. The first-order valence-electron chi connectivity index (χ1n) is 8.78. The van der Waals surface area contributed by atoms with Gasteiger partial charge < -0.3 is 9.32 Å². The number of hydrogen-bond donors (Lipinski definition) is 0. The largest absolute Gasteiger partial charge is 0.462 e. The SMILES string of the molecule is Cc1sc(-c2ccco2)nc1C(=O)N(C)C(C)c1ccc(-n2cncn2)cc1. The fourth-order valence-corrected chi connectivity index (χ4v) is 3.79. The summed E-state index contributed by atoms with van der Waals surface area (Å²) >= 11 is 1.46. The van der Waals surface area contributed by atoms with Crippen LogP contribution in [-0.2, 0) is 0 Å². The lowest BCUT2D eigenvalue weighted by atomic mass is 10.1. The molecular formula is C20H19N5O2S. The van der Waals surface area contributed by atoms with Crippen LogP contribution in [0.15, 0.2) is 59.7 Å². The van der Waals surface area contributed by atoms with E-state index < -0.39 is 0 Å². The van der Waals surface area contributed by atoms with Crippen LogP contribution in [-0.4, -0.2) is 37.6 Å². The molecule has 0 spiro atoms. The van der Waals surface area contributed by atoms with Gasteiger partial charge in [-0.2, -0.15) is 5.10 Å². The zero-order valence-corrected chi connectivity index (χ0v) is 16.6. The molecule has 0 aliphatic rings. The van der Waals surface area contributed by atoms with E-state index in [9.17, 15) is 4.79 Å². The number of thiazole rings is 1. The highest BCUT2D eigenvalue weighted by Crippen LogP contribution is 2.30. The maximum atomic E-state index is 13.0. The van der Waals surface area contributed by atoms with Crippen molar-refractivity contribution in [3.05, 3.63) is 71.5 Å². The minimum atomic E-state index is -0.112. The second-order valence-electron chi connectivity index (χ2n) is 6.42. The van der Waals surface area contributed by atoms with Crippen molar-refractivity contribution in [2.45, 2.75) is 19.9 Å². The monoisotopic (exact) mass is 393 g/mol. The number of rotatable bonds is 5. The first-order chi connectivity index (χ1) is 13.5. The fourth-order valence-electron chi connectivity index (χ4n) is 2.91. The maximum Gasteiger partial charge on any atom is 0.273 e. The second-order valence-corrected chi connectivity index (χ2v) is 7.63. The van der Waals surface area contributed by atoms with Crippen LogP contribution < -0.4 is 0 Å². The first-order valence-corrected chi connectivity index (χ1v) is 9.59. The lowest BCUT2D eigenvalue weighted by Crippen LogP contribution is -2.30. The first kappa shape index (κ1) is 18.1. The summed E-state index contributed by atoms with van der Waals surface area (Å²) in [6.45, 7) is 3.90. The van der Waals surface area contributed by atoms with Crippen molar-refractivity contribution in [1.29, 1.82) is 0 Å². The Morgan fingerprint density at radius 3 is 2.68 bits per heavy atom. The summed E-state index contributed by atoms with van der Waals surface area (Å²) in [6.07, 6.45) is 4.75. The molecule has 0 aliphatic carbocycles. The average Bonchev–Trinajstić information content (AvgIpc) is 3.47. The van der Waals surface area contributed by atoms with Crippen LogP contribution in [0, 0.1) is 6.92 Å². The third kappa shape index (κ3) is 3.34. The van der Waals surface area contributed by atoms with Crippen molar-refractivity contribution >= 4 is 17.2 Å². The quantitative estimate of drug-likeness (QED) is 0.510. The van der Waals surface area contributed by atoms with Crippen molar-refractivity contribution in [3.8, 4) is 16.5 Å². The number of carbonyl (C=O) groups excluding carboxylic acids is 1. The average molecular weight is 393 g/mol. The van der Waals surface area contributed by atoms with Gasteiger partial charge in [0.15, 0.2) is 10.8 Å². The Morgan fingerprint density at radius 2 is 2.04 bits per heavy atom. The molecule has 1 unspecified atom stereocenters. The second kappa shape index (κ2) is 7.40. The molecule has 28 heavy (non-hydrogen) atoms. The van der Waals surface area contributed by atoms with Gasteiger partial charge in [0, 0.05) is 11.9 Å². The van der Waals surface area contributed by atoms with E-state index in [2.05, 4.69) is 15.1 Å². The van der Waals surface area contributed by atoms with Crippen molar-refractivity contribution < 1.29 is 9.21 Å². The summed E-state index contributed by atoms with van der Waals surface area (Å²) in [5, 5.41) is 4.84. The number of nitrogens with zero attached hydrogens (tertiary/aromatic N) is 5. The summed E-state index contributed by atoms with van der Waals surface area (Å²) in [5.74, 6) is 0.561. The molecule has 0 N–H and O–H groups in total. The molecule has 3 heterocycles. The minimum Gasteiger partial charge on any atom is -0.462 e. The molecule has 3 aromatic heterocycles. The van der Waals surface area contributed by atoms with Crippen molar-refractivity contribution in [3.63, 3.8) is 0 Å². The van der Waals surface area contributed by atoms with Gasteiger partial charge in [0.2, 0.25) is 0 Å². The van der Waals surface area contributed by atoms with Crippen LogP contribution >= 0.6 is 11.3 Å². The van der Waals surface area contributed by atoms with Gasteiger partial charge in [0.05, 0.1) is 18.0 Å². The standard InChI is InChI=1S/C20H19N5O2S/c1-13(15-6-8-16(9-7-15)25-12-21-11-22-25)24(3)20(26)18-14(2)28-19(23-18)17-5-4-10-27-17/h4-13H,1-3H3. The predicted octanol–water partition coefficient (Wildman–Crippen LogP) is 4.13. The molecule has 1 amide bonds. The molecule has 8 heteroatoms. The molecule has 0 saturated carbocycles. The van der Waals surface area contributed by atoms with Crippen LogP contribution in [0.25, 0.3) is 16.5 Å². The molecule has 0 saturated heterocycles. The van der Waals surface area contributed by atoms with Crippen molar-refractivity contribution in [1.82, 2.24) is 24.6 Å². The van der Waals surface area contributed by atoms with Crippen LogP contribution in [0.1, 0.15) is 33.9 Å². The summed E-state index contributed by atoms with van der Waals surface area (Å²) in [7, 11) is 1.80. The predicted molar refractivity (Wildman–Crippen MR) is 106 cm³/mol. The van der Waals surface area contributed by atoms with Gasteiger partial charge in [-0.05, 0) is 43.7 Å². The van der Waals surface area contributed by atoms with Gasteiger partial charge in [-0.25, -0.2) is 14.6 Å². The molecule has 0 radical (unpaired) electrons. The molecule has 0 bridgehead atoms. The Hall–Kier alpha value is -3.26. The van der Waals surface area contributed by atoms with E-state index in [1.807, 2.05) is 50.2 Å². The third-order valence-corrected chi connectivity index (χ3v) is 5.68. The number of aromatic nitrogens is 4. The zero-order chi connectivity index (χ0) is 19.7. The molecule has 1 aromatic carbocycles. The van der Waals surface area contributed by atoms with E-state index in [4.69, 9.17) is 4.42 Å². The highest BCUT2D eigenvalue weighted by atomic mass is 32.1. The highest BCUT2D eigenvalue weighted by Gasteiger charge is 2.24. The Kier molecular flexibility index (Phi) is 4.79. The lowest BCUT2D eigenvalue weighted by Gasteiger charge is -2.25. The number of benzene rings is 1. The maximum absolute atomic E-state index is 13.0. The van der Waals surface area contributed by atoms with E-state index in [0.717, 1.165) is 16.1 Å². The van der Waals surface area contributed by atoms with E-state index in [0.29, 0.717) is 16.5 Å². The van der Waals surface area contributed by atoms with Gasteiger partial charge in [0.25, 0.3) is 5.91 Å². The summed E-state index contributed by atoms with van der Waals surface area (Å²) in [4.78, 5) is 24.1. The summed E-state index contributed by atoms with van der Waals surface area (Å²) in [5.41, 5.74) is 2.41. The fraction of sp³-hybridized carbons (Fsp3) is 0.200. The summed E-state index contributed by atoms with van der Waals surface area (Å²) < 4.78 is 7.09. The van der Waals surface area contributed by atoms with Crippen LogP contribution in [0.3, 0.4) is 0 Å². The number of carbonyl (C=O) groups is 1. The number of amides is 1. The number of furan rings is 1. The van der Waals surface area contributed by atoms with Crippen LogP contribution in [0.4, 0.5) is 0 Å². The minimum absolute atomic E-state index is 0.106. The van der Waals surface area contributed by atoms with Crippen molar-refractivity contribution in [2.24, 2.45) is 0 Å². The molecule has 1 atom stereocenters. The molecule has 7 nitrogen and oxygen atoms in total. The zero-order valence-electron chi connectivity index (χ0n) is 15.7. The van der Waals surface area contributed by atoms with E-state index >= 15 is 0 Å². The van der Waals surface area contributed by atoms with Gasteiger partial charge in [-0.1, -0.05) is 12.1 Å². The Balaban J connectivity index is 1.53. The molecule has 4 aromatic rings. The van der Waals surface area contributed by atoms with E-state index in [1.165, 1.54) is 17.7 Å². The molecule has 4 rings (SSSR count). The Labute approximate surface area is 166 Å². The lowest BCUT2D eigenvalue weighted by molar-refractivity contribution is 0.0737. The number of aryl methyl sites for hydroxylation is 1. The Bertz CT molecular complexity index is 1070. The Morgan fingerprint density at radius 1 is 1.25 bits per heavy atom. The molecule has 142 valence electrons. The van der Waals surface area contributed by atoms with Crippen LogP contribution in [0.5, 0.6) is 0 Å². The van der Waals surface area contributed by atoms with E-state index in [-0.39, 0.29) is 11.9 Å². The molecule has 0 fully saturated rings. The topological polar surface area (TPSA) is 77.0 Å². The van der Waals surface area contributed by atoms with Gasteiger partial charge in [0.1, 0.15) is 18.3 Å². The van der Waals surface area contributed by atoms with Crippen LogP contribution in [0.2, 0.25) is 0 Å². The smallest absolute Gasteiger partial charge is 0.273 e. The van der Waals surface area contributed by atoms with Gasteiger partial charge >= 0.3 is 0 Å². The molecular weight excluding hydrogens is 374 g/mol. The van der Waals surface area contributed by atoms with Gasteiger partial charge in [-0.3, -0.25) is 4.79 Å². The number of hydrogen-bond acceptors (Lipinski definition) is 6. The highest BCUT2D eigenvalue weighted by molar-refractivity contribution is 7.15. The third-order valence-electron chi connectivity index (χ3n) is 4.69.